The van der Waals surface area contributed by atoms with E-state index in [9.17, 15) is 13.6 Å². The molecular formula is C17H10F2O2. The first-order valence-electron chi connectivity index (χ1n) is 6.29. The van der Waals surface area contributed by atoms with Gasteiger partial charge in [0.25, 0.3) is 0 Å². The van der Waals surface area contributed by atoms with E-state index in [-0.39, 0.29) is 11.3 Å². The molecule has 0 aliphatic carbocycles. The molecule has 0 radical (unpaired) electrons. The Bertz CT molecular complexity index is 814. The van der Waals surface area contributed by atoms with Crippen LogP contribution in [0.4, 0.5) is 8.78 Å². The van der Waals surface area contributed by atoms with Crippen LogP contribution in [0.25, 0.3) is 17.0 Å². The normalized spacial score (nSPS) is 11.3. The van der Waals surface area contributed by atoms with Crippen molar-refractivity contribution >= 4 is 22.8 Å². The van der Waals surface area contributed by atoms with Crippen molar-refractivity contribution in [3.63, 3.8) is 0 Å². The number of carbonyl (C=O) groups excluding carboxylic acids is 1. The zero-order chi connectivity index (χ0) is 14.8. The van der Waals surface area contributed by atoms with Crippen molar-refractivity contribution in [3.8, 4) is 0 Å². The summed E-state index contributed by atoms with van der Waals surface area (Å²) >= 11 is 0. The molecule has 0 amide bonds. The van der Waals surface area contributed by atoms with Crippen molar-refractivity contribution in [1.82, 2.24) is 0 Å². The van der Waals surface area contributed by atoms with Gasteiger partial charge in [-0.05, 0) is 42.5 Å². The van der Waals surface area contributed by atoms with Crippen LogP contribution in [0.5, 0.6) is 0 Å². The smallest absolute Gasteiger partial charge is 0.221 e. The first-order chi connectivity index (χ1) is 10.1. The molecule has 0 unspecified atom stereocenters. The Balaban J connectivity index is 1.88. The molecule has 21 heavy (non-hydrogen) atoms. The van der Waals surface area contributed by atoms with Gasteiger partial charge in [0.05, 0.1) is 0 Å². The summed E-state index contributed by atoms with van der Waals surface area (Å²) in [6.45, 7) is 0. The van der Waals surface area contributed by atoms with E-state index in [4.69, 9.17) is 4.42 Å². The van der Waals surface area contributed by atoms with E-state index in [1.807, 2.05) is 12.1 Å². The molecule has 3 rings (SSSR count). The average molecular weight is 284 g/mol. The van der Waals surface area contributed by atoms with Crippen LogP contribution >= 0.6 is 0 Å². The predicted molar refractivity (Wildman–Crippen MR) is 75.9 cm³/mol. The molecule has 104 valence electrons. The largest absolute Gasteiger partial charge is 0.453 e. The number of hydrogen-bond acceptors (Lipinski definition) is 2. The summed E-state index contributed by atoms with van der Waals surface area (Å²) in [6, 6.07) is 11.9. The van der Waals surface area contributed by atoms with Crippen LogP contribution in [-0.2, 0) is 0 Å². The number of hydrogen-bond donors (Lipinski definition) is 0. The second kappa shape index (κ2) is 5.32. The van der Waals surface area contributed by atoms with Crippen LogP contribution in [0, 0.1) is 11.6 Å². The standard InChI is InChI=1S/C17H10F2O2/c18-13-6-7-14(19)11(9-13)5-8-15(20)17-10-12-3-1-2-4-16(12)21-17/h1-10H/b8-5+. The number of para-hydroxylation sites is 1. The van der Waals surface area contributed by atoms with Gasteiger partial charge in [0.15, 0.2) is 5.76 Å². The fourth-order valence-corrected chi connectivity index (χ4v) is 1.99. The minimum Gasteiger partial charge on any atom is -0.453 e. The number of carbonyl (C=O) groups is 1. The Morgan fingerprint density at radius 2 is 1.86 bits per heavy atom. The summed E-state index contributed by atoms with van der Waals surface area (Å²) in [5.74, 6) is -1.41. The molecule has 0 atom stereocenters. The van der Waals surface area contributed by atoms with Gasteiger partial charge in [-0.2, -0.15) is 0 Å². The maximum atomic E-state index is 13.4. The Hall–Kier alpha value is -2.75. The van der Waals surface area contributed by atoms with Gasteiger partial charge in [0, 0.05) is 10.9 Å². The molecule has 0 bridgehead atoms. The molecule has 0 saturated heterocycles. The van der Waals surface area contributed by atoms with Crippen LogP contribution in [0.1, 0.15) is 16.1 Å². The van der Waals surface area contributed by atoms with E-state index in [0.29, 0.717) is 5.58 Å². The van der Waals surface area contributed by atoms with Gasteiger partial charge in [0.2, 0.25) is 5.78 Å². The Kier molecular flexibility index (Phi) is 3.36. The highest BCUT2D eigenvalue weighted by molar-refractivity contribution is 6.06. The molecule has 0 aliphatic rings. The highest BCUT2D eigenvalue weighted by atomic mass is 19.1. The van der Waals surface area contributed by atoms with Gasteiger partial charge in [-0.1, -0.05) is 18.2 Å². The monoisotopic (exact) mass is 284 g/mol. The molecule has 1 aromatic heterocycles. The lowest BCUT2D eigenvalue weighted by molar-refractivity contribution is 0.102. The molecule has 1 heterocycles. The van der Waals surface area contributed by atoms with Crippen LogP contribution in [0.15, 0.2) is 59.0 Å². The molecule has 0 aliphatic heterocycles. The summed E-state index contributed by atoms with van der Waals surface area (Å²) in [6.07, 6.45) is 2.39. The summed E-state index contributed by atoms with van der Waals surface area (Å²) in [4.78, 5) is 12.0. The maximum Gasteiger partial charge on any atom is 0.221 e. The summed E-state index contributed by atoms with van der Waals surface area (Å²) in [5, 5.41) is 0.811. The molecule has 0 spiro atoms. The summed E-state index contributed by atoms with van der Waals surface area (Å²) < 4.78 is 31.9. The van der Waals surface area contributed by atoms with Crippen molar-refractivity contribution in [3.05, 3.63) is 77.6 Å². The number of rotatable bonds is 3. The number of fused-ring (bicyclic) bond motifs is 1. The quantitative estimate of drug-likeness (QED) is 0.519. The van der Waals surface area contributed by atoms with Gasteiger partial charge in [-0.15, -0.1) is 0 Å². The number of allylic oxidation sites excluding steroid dienone is 1. The third kappa shape index (κ3) is 2.74. The molecule has 0 fully saturated rings. The molecule has 4 heteroatoms. The van der Waals surface area contributed by atoms with E-state index < -0.39 is 17.4 Å². The lowest BCUT2D eigenvalue weighted by Gasteiger charge is -1.96. The topological polar surface area (TPSA) is 30.2 Å². The fraction of sp³-hybridized carbons (Fsp3) is 0. The van der Waals surface area contributed by atoms with E-state index >= 15 is 0 Å². The van der Waals surface area contributed by atoms with Gasteiger partial charge < -0.3 is 4.42 Å². The number of halogens is 2. The first-order valence-corrected chi connectivity index (χ1v) is 6.29. The molecule has 2 nitrogen and oxygen atoms in total. The van der Waals surface area contributed by atoms with Crippen molar-refractivity contribution in [2.75, 3.05) is 0 Å². The Labute approximate surface area is 119 Å². The fourth-order valence-electron chi connectivity index (χ4n) is 1.99. The second-order valence-electron chi connectivity index (χ2n) is 4.51. The van der Waals surface area contributed by atoms with Crippen LogP contribution in [0.3, 0.4) is 0 Å². The Morgan fingerprint density at radius 1 is 1.05 bits per heavy atom. The lowest BCUT2D eigenvalue weighted by Crippen LogP contribution is -1.91. The SMILES string of the molecule is O=C(/C=C/c1cc(F)ccc1F)c1cc2ccccc2o1. The minimum atomic E-state index is -0.593. The van der Waals surface area contributed by atoms with E-state index in [2.05, 4.69) is 0 Å². The Morgan fingerprint density at radius 3 is 2.67 bits per heavy atom. The van der Waals surface area contributed by atoms with Crippen molar-refractivity contribution in [2.24, 2.45) is 0 Å². The summed E-state index contributed by atoms with van der Waals surface area (Å²) in [5.41, 5.74) is 0.616. The van der Waals surface area contributed by atoms with Crippen molar-refractivity contribution in [2.45, 2.75) is 0 Å². The third-order valence-corrected chi connectivity index (χ3v) is 3.04. The van der Waals surface area contributed by atoms with Crippen LogP contribution in [0.2, 0.25) is 0 Å². The molecular weight excluding hydrogens is 274 g/mol. The first kappa shape index (κ1) is 13.2. The highest BCUT2D eigenvalue weighted by Gasteiger charge is 2.09. The zero-order valence-electron chi connectivity index (χ0n) is 10.8. The number of benzene rings is 2. The van der Waals surface area contributed by atoms with E-state index in [1.54, 1.807) is 18.2 Å². The highest BCUT2D eigenvalue weighted by Crippen LogP contribution is 2.20. The number of ketones is 1. The van der Waals surface area contributed by atoms with Crippen LogP contribution in [-0.4, -0.2) is 5.78 Å². The zero-order valence-corrected chi connectivity index (χ0v) is 10.8. The molecule has 3 aromatic rings. The summed E-state index contributed by atoms with van der Waals surface area (Å²) in [7, 11) is 0. The molecule has 0 N–H and O–H groups in total. The van der Waals surface area contributed by atoms with Crippen LogP contribution < -0.4 is 0 Å². The lowest BCUT2D eigenvalue weighted by atomic mass is 10.1. The van der Waals surface area contributed by atoms with E-state index in [0.717, 1.165) is 29.7 Å². The predicted octanol–water partition coefficient (Wildman–Crippen LogP) is 4.61. The minimum absolute atomic E-state index is 0.0134. The van der Waals surface area contributed by atoms with Gasteiger partial charge in [-0.3, -0.25) is 4.79 Å². The maximum absolute atomic E-state index is 13.4. The van der Waals surface area contributed by atoms with Crippen molar-refractivity contribution < 1.29 is 18.0 Å². The van der Waals surface area contributed by atoms with Crippen molar-refractivity contribution in [1.29, 1.82) is 0 Å². The van der Waals surface area contributed by atoms with Gasteiger partial charge in [0.1, 0.15) is 17.2 Å². The van der Waals surface area contributed by atoms with Gasteiger partial charge >= 0.3 is 0 Å². The second-order valence-corrected chi connectivity index (χ2v) is 4.51. The molecule has 0 saturated carbocycles. The number of furan rings is 1. The van der Waals surface area contributed by atoms with Gasteiger partial charge in [-0.25, -0.2) is 8.78 Å². The average Bonchev–Trinajstić information content (AvgIpc) is 2.92. The third-order valence-electron chi connectivity index (χ3n) is 3.04. The molecule has 2 aromatic carbocycles. The van der Waals surface area contributed by atoms with E-state index in [1.165, 1.54) is 6.08 Å².